The number of benzene rings is 1. The number of amides is 1. The van der Waals surface area contributed by atoms with Crippen molar-refractivity contribution in [2.75, 3.05) is 0 Å². The van der Waals surface area contributed by atoms with E-state index in [1.165, 1.54) is 0 Å². The van der Waals surface area contributed by atoms with Crippen molar-refractivity contribution in [3.8, 4) is 0 Å². The summed E-state index contributed by atoms with van der Waals surface area (Å²) in [5, 5.41) is 3.23. The lowest BCUT2D eigenvalue weighted by atomic mass is 9.67. The van der Waals surface area contributed by atoms with Gasteiger partial charge in [0.2, 0.25) is 5.91 Å². The third kappa shape index (κ3) is 4.07. The molecule has 138 valence electrons. The fourth-order valence-electron chi connectivity index (χ4n) is 2.97. The quantitative estimate of drug-likeness (QED) is 0.481. The van der Waals surface area contributed by atoms with Gasteiger partial charge in [0.25, 0.3) is 0 Å². The first-order valence-electron chi connectivity index (χ1n) is 8.40. The SMILES string of the molecule is C[SiH](C)O[C@](C)([C@H]1C(=O)N[C@@H]1OC(=O)c1ccc(Cl)cc1)C(C)(C)C. The van der Waals surface area contributed by atoms with E-state index in [1.54, 1.807) is 24.3 Å². The number of nitrogens with one attached hydrogen (secondary N) is 1. The Hall–Kier alpha value is -1.37. The number of rotatable bonds is 5. The van der Waals surface area contributed by atoms with Gasteiger partial charge in [0, 0.05) is 5.02 Å². The number of halogens is 1. The second kappa shape index (κ2) is 7.09. The highest BCUT2D eigenvalue weighted by molar-refractivity contribution is 6.48. The van der Waals surface area contributed by atoms with E-state index in [-0.39, 0.29) is 11.3 Å². The highest BCUT2D eigenvalue weighted by Gasteiger charge is 2.59. The van der Waals surface area contributed by atoms with E-state index in [2.05, 4.69) is 18.4 Å². The van der Waals surface area contributed by atoms with Gasteiger partial charge < -0.3 is 14.5 Å². The summed E-state index contributed by atoms with van der Waals surface area (Å²) < 4.78 is 11.8. The molecule has 5 nitrogen and oxygen atoms in total. The Morgan fingerprint density at radius 2 is 1.72 bits per heavy atom. The Bertz CT molecular complexity index is 656. The van der Waals surface area contributed by atoms with Crippen LogP contribution in [0.2, 0.25) is 18.1 Å². The smallest absolute Gasteiger partial charge is 0.340 e. The summed E-state index contributed by atoms with van der Waals surface area (Å²) in [6, 6.07) is 6.45. The average Bonchev–Trinajstić information content (AvgIpc) is 2.44. The van der Waals surface area contributed by atoms with E-state index in [0.717, 1.165) is 0 Å². The molecular formula is C18H26ClNO4Si. The summed E-state index contributed by atoms with van der Waals surface area (Å²) in [5.74, 6) is -1.19. The molecule has 1 saturated heterocycles. The highest BCUT2D eigenvalue weighted by Crippen LogP contribution is 2.44. The Morgan fingerprint density at radius 3 is 2.16 bits per heavy atom. The third-order valence-corrected chi connectivity index (χ3v) is 5.96. The van der Waals surface area contributed by atoms with Crippen molar-refractivity contribution in [3.63, 3.8) is 0 Å². The second-order valence-corrected chi connectivity index (χ2v) is 10.6. The van der Waals surface area contributed by atoms with Gasteiger partial charge in [-0.05, 0) is 49.7 Å². The molecule has 0 aromatic heterocycles. The van der Waals surface area contributed by atoms with Crippen LogP contribution in [0, 0.1) is 11.3 Å². The Labute approximate surface area is 155 Å². The van der Waals surface area contributed by atoms with Gasteiger partial charge in [-0.2, -0.15) is 0 Å². The molecule has 7 heteroatoms. The lowest BCUT2D eigenvalue weighted by molar-refractivity contribution is -0.180. The van der Waals surface area contributed by atoms with Gasteiger partial charge in [-0.25, -0.2) is 4.79 Å². The van der Waals surface area contributed by atoms with Gasteiger partial charge >= 0.3 is 5.97 Å². The minimum Gasteiger partial charge on any atom is -0.437 e. The first-order valence-corrected chi connectivity index (χ1v) is 11.6. The molecule has 0 bridgehead atoms. The molecule has 0 unspecified atom stereocenters. The van der Waals surface area contributed by atoms with Gasteiger partial charge in [0.05, 0.1) is 11.2 Å². The molecule has 1 N–H and O–H groups in total. The summed E-state index contributed by atoms with van der Waals surface area (Å²) >= 11 is 5.84. The lowest BCUT2D eigenvalue weighted by Crippen LogP contribution is -2.71. The maximum Gasteiger partial charge on any atom is 0.340 e. The van der Waals surface area contributed by atoms with E-state index < -0.39 is 32.8 Å². The first kappa shape index (κ1) is 19.9. The average molecular weight is 384 g/mol. The van der Waals surface area contributed by atoms with Crippen molar-refractivity contribution in [2.24, 2.45) is 11.3 Å². The van der Waals surface area contributed by atoms with E-state index in [4.69, 9.17) is 20.8 Å². The van der Waals surface area contributed by atoms with Crippen LogP contribution in [0.3, 0.4) is 0 Å². The zero-order valence-electron chi connectivity index (χ0n) is 15.6. The Kier molecular flexibility index (Phi) is 5.66. The van der Waals surface area contributed by atoms with Gasteiger partial charge in [-0.3, -0.25) is 4.79 Å². The molecule has 1 aliphatic heterocycles. The van der Waals surface area contributed by atoms with Crippen LogP contribution in [-0.4, -0.2) is 32.7 Å². The van der Waals surface area contributed by atoms with Crippen LogP contribution in [0.1, 0.15) is 38.1 Å². The number of carbonyl (C=O) groups excluding carboxylic acids is 2. The van der Waals surface area contributed by atoms with E-state index in [0.29, 0.717) is 10.6 Å². The standard InChI is InChI=1S/C18H26ClNO4Si/c1-17(2,3)18(4,24-25(5)6)13-14(21)20-15(13)23-16(22)11-7-9-12(19)10-8-11/h7-10,13,15,25H,1-6H3,(H,20,21)/t13-,15+,18+/m0/s1. The maximum atomic E-state index is 12.4. The number of carbonyl (C=O) groups is 2. The topological polar surface area (TPSA) is 64.6 Å². The molecule has 0 aliphatic carbocycles. The van der Waals surface area contributed by atoms with E-state index in [1.807, 2.05) is 27.7 Å². The molecule has 2 rings (SSSR count). The molecule has 1 aromatic carbocycles. The summed E-state index contributed by atoms with van der Waals surface area (Å²) in [7, 11) is -1.42. The van der Waals surface area contributed by atoms with Crippen molar-refractivity contribution < 1.29 is 18.8 Å². The molecule has 25 heavy (non-hydrogen) atoms. The fourth-order valence-corrected chi connectivity index (χ4v) is 4.57. The number of ether oxygens (including phenoxy) is 1. The summed E-state index contributed by atoms with van der Waals surface area (Å²) in [5.41, 5.74) is -0.626. The van der Waals surface area contributed by atoms with Crippen LogP contribution in [0.25, 0.3) is 0 Å². The van der Waals surface area contributed by atoms with Gasteiger partial charge in [-0.1, -0.05) is 32.4 Å². The molecule has 1 aromatic rings. The number of esters is 1. The predicted octanol–water partition coefficient (Wildman–Crippen LogP) is 3.37. The predicted molar refractivity (Wildman–Crippen MR) is 100 cm³/mol. The van der Waals surface area contributed by atoms with Gasteiger partial charge in [-0.15, -0.1) is 0 Å². The number of hydrogen-bond donors (Lipinski definition) is 1. The minimum atomic E-state index is -1.42. The van der Waals surface area contributed by atoms with Crippen LogP contribution in [0.15, 0.2) is 24.3 Å². The molecule has 0 radical (unpaired) electrons. The molecule has 0 saturated carbocycles. The van der Waals surface area contributed by atoms with Gasteiger partial charge in [0.1, 0.15) is 5.92 Å². The molecule has 1 amide bonds. The van der Waals surface area contributed by atoms with Crippen LogP contribution < -0.4 is 5.32 Å². The molecule has 1 heterocycles. The van der Waals surface area contributed by atoms with E-state index >= 15 is 0 Å². The molecule has 1 aliphatic rings. The normalized spacial score (nSPS) is 22.8. The zero-order valence-corrected chi connectivity index (χ0v) is 17.5. The molecule has 0 spiro atoms. The summed E-state index contributed by atoms with van der Waals surface area (Å²) in [6.07, 6.45) is -0.701. The van der Waals surface area contributed by atoms with Crippen molar-refractivity contribution in [1.82, 2.24) is 5.32 Å². The number of β-lactam (4-membered cyclic amide) rings is 1. The summed E-state index contributed by atoms with van der Waals surface area (Å²) in [4.78, 5) is 24.7. The van der Waals surface area contributed by atoms with Crippen molar-refractivity contribution >= 4 is 32.5 Å². The van der Waals surface area contributed by atoms with Gasteiger partial charge in [0.15, 0.2) is 15.3 Å². The second-order valence-electron chi connectivity index (χ2n) is 7.84. The third-order valence-electron chi connectivity index (χ3n) is 4.75. The van der Waals surface area contributed by atoms with Crippen LogP contribution in [-0.2, 0) is 14.0 Å². The largest absolute Gasteiger partial charge is 0.437 e. The zero-order chi connectivity index (χ0) is 19.0. The Balaban J connectivity index is 2.20. The lowest BCUT2D eigenvalue weighted by Gasteiger charge is -2.53. The minimum absolute atomic E-state index is 0.152. The monoisotopic (exact) mass is 383 g/mol. The fraction of sp³-hybridized carbons (Fsp3) is 0.556. The van der Waals surface area contributed by atoms with E-state index in [9.17, 15) is 9.59 Å². The molecule has 3 atom stereocenters. The van der Waals surface area contributed by atoms with Crippen molar-refractivity contribution in [3.05, 3.63) is 34.9 Å². The molecular weight excluding hydrogens is 358 g/mol. The van der Waals surface area contributed by atoms with Crippen LogP contribution in [0.5, 0.6) is 0 Å². The van der Waals surface area contributed by atoms with Crippen molar-refractivity contribution in [2.45, 2.75) is 52.6 Å². The summed E-state index contributed by atoms with van der Waals surface area (Å²) in [6.45, 7) is 12.2. The molecule has 1 fully saturated rings. The highest BCUT2D eigenvalue weighted by atomic mass is 35.5. The van der Waals surface area contributed by atoms with Crippen molar-refractivity contribution in [1.29, 1.82) is 0 Å². The number of hydrogen-bond acceptors (Lipinski definition) is 4. The van der Waals surface area contributed by atoms with Crippen LogP contribution in [0.4, 0.5) is 0 Å². The maximum absolute atomic E-state index is 12.4. The Morgan fingerprint density at radius 1 is 1.16 bits per heavy atom. The van der Waals surface area contributed by atoms with Crippen LogP contribution >= 0.6 is 11.6 Å². The first-order chi connectivity index (χ1) is 11.5.